The molecule has 0 bridgehead atoms. The Morgan fingerprint density at radius 2 is 2.05 bits per heavy atom. The lowest BCUT2D eigenvalue weighted by Gasteiger charge is -2.01. The Kier molecular flexibility index (Phi) is 2.99. The Morgan fingerprint density at radius 3 is 2.84 bits per heavy atom. The van der Waals surface area contributed by atoms with Gasteiger partial charge >= 0.3 is 0 Å². The maximum Gasteiger partial charge on any atom is 0.205 e. The van der Waals surface area contributed by atoms with E-state index in [1.54, 1.807) is 0 Å². The molecule has 96 valence electrons. The summed E-state index contributed by atoms with van der Waals surface area (Å²) >= 11 is 1.53. The van der Waals surface area contributed by atoms with Crippen LogP contribution in [0.15, 0.2) is 35.7 Å². The van der Waals surface area contributed by atoms with Crippen LogP contribution in [-0.4, -0.2) is 10.8 Å². The van der Waals surface area contributed by atoms with E-state index in [9.17, 15) is 4.79 Å². The van der Waals surface area contributed by atoms with Gasteiger partial charge in [0, 0.05) is 16.6 Å². The van der Waals surface area contributed by atoms with Crippen molar-refractivity contribution in [2.45, 2.75) is 20.3 Å². The predicted molar refractivity (Wildman–Crippen MR) is 80.2 cm³/mol. The van der Waals surface area contributed by atoms with Gasteiger partial charge in [0.25, 0.3) is 0 Å². The first-order valence-electron chi connectivity index (χ1n) is 6.40. The van der Waals surface area contributed by atoms with E-state index in [1.807, 2.05) is 42.6 Å². The molecule has 1 aromatic carbocycles. The fraction of sp³-hybridized carbons (Fsp3) is 0.188. The third kappa shape index (κ3) is 1.90. The van der Waals surface area contributed by atoms with Crippen molar-refractivity contribution in [3.05, 3.63) is 57.4 Å². The van der Waals surface area contributed by atoms with Gasteiger partial charge in [-0.15, -0.1) is 11.3 Å². The molecule has 0 unspecified atom stereocenters. The van der Waals surface area contributed by atoms with Gasteiger partial charge in [-0.1, -0.05) is 25.1 Å². The van der Waals surface area contributed by atoms with Crippen molar-refractivity contribution in [3.8, 4) is 0 Å². The molecule has 0 atom stereocenters. The first-order valence-corrected chi connectivity index (χ1v) is 7.28. The second-order valence-electron chi connectivity index (χ2n) is 4.63. The lowest BCUT2D eigenvalue weighted by atomic mass is 10.0. The number of benzene rings is 1. The molecule has 0 fully saturated rings. The summed E-state index contributed by atoms with van der Waals surface area (Å²) in [6.07, 6.45) is 0.895. The molecule has 0 aliphatic heterocycles. The van der Waals surface area contributed by atoms with E-state index in [2.05, 4.69) is 11.9 Å². The number of thiophene rings is 1. The Bertz CT molecular complexity index is 751. The molecule has 0 saturated carbocycles. The Morgan fingerprint density at radius 1 is 1.26 bits per heavy atom. The first kappa shape index (κ1) is 12.2. The minimum Gasteiger partial charge on any atom is -0.358 e. The van der Waals surface area contributed by atoms with Crippen LogP contribution in [0, 0.1) is 6.92 Å². The number of nitrogens with one attached hydrogen (secondary N) is 1. The van der Waals surface area contributed by atoms with Crippen molar-refractivity contribution in [1.82, 2.24) is 4.98 Å². The summed E-state index contributed by atoms with van der Waals surface area (Å²) in [4.78, 5) is 16.9. The highest BCUT2D eigenvalue weighted by Gasteiger charge is 2.20. The first-order chi connectivity index (χ1) is 9.22. The molecule has 0 amide bonds. The van der Waals surface area contributed by atoms with Gasteiger partial charge in [0.05, 0.1) is 10.4 Å². The second-order valence-corrected chi connectivity index (χ2v) is 5.54. The van der Waals surface area contributed by atoms with Crippen molar-refractivity contribution in [2.24, 2.45) is 0 Å². The maximum atomic E-state index is 12.8. The molecule has 0 aliphatic rings. The zero-order valence-electron chi connectivity index (χ0n) is 11.0. The number of para-hydroxylation sites is 1. The third-order valence-corrected chi connectivity index (χ3v) is 4.41. The van der Waals surface area contributed by atoms with Crippen molar-refractivity contribution in [2.75, 3.05) is 0 Å². The Balaban J connectivity index is 2.19. The number of carbonyl (C=O) groups excluding carboxylic acids is 1. The molecule has 3 heteroatoms. The van der Waals surface area contributed by atoms with Crippen LogP contribution in [0.1, 0.15) is 33.4 Å². The zero-order chi connectivity index (χ0) is 13.4. The summed E-state index contributed by atoms with van der Waals surface area (Å²) in [5.74, 6) is 0.141. The van der Waals surface area contributed by atoms with E-state index in [4.69, 9.17) is 0 Å². The lowest BCUT2D eigenvalue weighted by Crippen LogP contribution is -2.02. The molecule has 19 heavy (non-hydrogen) atoms. The summed E-state index contributed by atoms with van der Waals surface area (Å²) in [7, 11) is 0. The molecule has 0 aliphatic carbocycles. The molecule has 3 rings (SSSR count). The molecule has 1 N–H and O–H groups in total. The van der Waals surface area contributed by atoms with E-state index in [1.165, 1.54) is 11.3 Å². The topological polar surface area (TPSA) is 32.9 Å². The quantitative estimate of drug-likeness (QED) is 0.705. The number of aromatic nitrogens is 1. The van der Waals surface area contributed by atoms with Crippen molar-refractivity contribution in [3.63, 3.8) is 0 Å². The fourth-order valence-electron chi connectivity index (χ4n) is 2.50. The van der Waals surface area contributed by atoms with Crippen molar-refractivity contribution < 1.29 is 4.79 Å². The number of fused-ring (bicyclic) bond motifs is 1. The van der Waals surface area contributed by atoms with Crippen LogP contribution in [0.25, 0.3) is 10.9 Å². The van der Waals surface area contributed by atoms with E-state index in [-0.39, 0.29) is 5.78 Å². The van der Waals surface area contributed by atoms with E-state index >= 15 is 0 Å². The minimum atomic E-state index is 0.141. The van der Waals surface area contributed by atoms with E-state index in [0.29, 0.717) is 0 Å². The Labute approximate surface area is 116 Å². The molecule has 2 aromatic heterocycles. The summed E-state index contributed by atoms with van der Waals surface area (Å²) in [5, 5.41) is 3.01. The molecule has 2 nitrogen and oxygen atoms in total. The third-order valence-electron chi connectivity index (χ3n) is 3.45. The zero-order valence-corrected chi connectivity index (χ0v) is 11.8. The minimum absolute atomic E-state index is 0.141. The van der Waals surface area contributed by atoms with E-state index < -0.39 is 0 Å². The smallest absolute Gasteiger partial charge is 0.205 e. The average Bonchev–Trinajstić information content (AvgIpc) is 3.00. The lowest BCUT2D eigenvalue weighted by molar-refractivity contribution is 0.104. The number of rotatable bonds is 3. The van der Waals surface area contributed by atoms with Gasteiger partial charge in [0.2, 0.25) is 5.78 Å². The fourth-order valence-corrected chi connectivity index (χ4v) is 3.44. The average molecular weight is 269 g/mol. The monoisotopic (exact) mass is 269 g/mol. The standard InChI is InChI=1S/C16H15NOS/c1-3-11-8-9-19-16(11)15(18)14-10(2)17-13-7-5-4-6-12(13)14/h4-9,17H,3H2,1-2H3. The summed E-state index contributed by atoms with van der Waals surface area (Å²) in [6, 6.07) is 10.0. The van der Waals surface area contributed by atoms with Crippen LogP contribution in [0.4, 0.5) is 0 Å². The largest absolute Gasteiger partial charge is 0.358 e. The number of aryl methyl sites for hydroxylation is 2. The number of aromatic amines is 1. The van der Waals surface area contributed by atoms with Gasteiger partial charge in [0.1, 0.15) is 0 Å². The number of hydrogen-bond acceptors (Lipinski definition) is 2. The second kappa shape index (κ2) is 4.67. The molecule has 0 spiro atoms. The van der Waals surface area contributed by atoms with Crippen molar-refractivity contribution >= 4 is 28.0 Å². The number of hydrogen-bond donors (Lipinski definition) is 1. The van der Waals surface area contributed by atoms with Crippen LogP contribution in [0.2, 0.25) is 0 Å². The van der Waals surface area contributed by atoms with Gasteiger partial charge in [-0.05, 0) is 36.4 Å². The van der Waals surface area contributed by atoms with Gasteiger partial charge < -0.3 is 4.98 Å². The summed E-state index contributed by atoms with van der Waals surface area (Å²) < 4.78 is 0. The predicted octanol–water partition coefficient (Wildman–Crippen LogP) is 4.33. The maximum absolute atomic E-state index is 12.8. The van der Waals surface area contributed by atoms with Crippen LogP contribution in [-0.2, 0) is 6.42 Å². The highest BCUT2D eigenvalue weighted by molar-refractivity contribution is 7.12. The van der Waals surface area contributed by atoms with Gasteiger partial charge in [-0.2, -0.15) is 0 Å². The molecule has 0 saturated heterocycles. The SMILES string of the molecule is CCc1ccsc1C(=O)c1c(C)[nH]c2ccccc12. The molecule has 3 aromatic rings. The number of carbonyl (C=O) groups is 1. The molecular formula is C16H15NOS. The van der Waals surface area contributed by atoms with Crippen LogP contribution in [0.3, 0.4) is 0 Å². The number of H-pyrrole nitrogens is 1. The summed E-state index contributed by atoms with van der Waals surface area (Å²) in [5.41, 5.74) is 3.92. The van der Waals surface area contributed by atoms with E-state index in [0.717, 1.165) is 39.0 Å². The molecule has 0 radical (unpaired) electrons. The van der Waals surface area contributed by atoms with Gasteiger partial charge in [0.15, 0.2) is 0 Å². The Hall–Kier alpha value is -1.87. The highest BCUT2D eigenvalue weighted by atomic mass is 32.1. The van der Waals surface area contributed by atoms with Crippen LogP contribution < -0.4 is 0 Å². The molecular weight excluding hydrogens is 254 g/mol. The van der Waals surface area contributed by atoms with Crippen LogP contribution >= 0.6 is 11.3 Å². The number of ketones is 1. The van der Waals surface area contributed by atoms with Crippen LogP contribution in [0.5, 0.6) is 0 Å². The highest BCUT2D eigenvalue weighted by Crippen LogP contribution is 2.28. The normalized spacial score (nSPS) is 11.1. The summed E-state index contributed by atoms with van der Waals surface area (Å²) in [6.45, 7) is 4.05. The van der Waals surface area contributed by atoms with Gasteiger partial charge in [-0.25, -0.2) is 0 Å². The van der Waals surface area contributed by atoms with Crippen molar-refractivity contribution in [1.29, 1.82) is 0 Å². The van der Waals surface area contributed by atoms with Gasteiger partial charge in [-0.3, -0.25) is 4.79 Å². The molecule has 2 heterocycles.